The lowest BCUT2D eigenvalue weighted by atomic mass is 9.88. The summed E-state index contributed by atoms with van der Waals surface area (Å²) in [6.07, 6.45) is 1.25. The van der Waals surface area contributed by atoms with Crippen molar-refractivity contribution >= 4 is 9.84 Å². The molecule has 1 heterocycles. The Morgan fingerprint density at radius 1 is 1.17 bits per heavy atom. The molecule has 0 radical (unpaired) electrons. The Morgan fingerprint density at radius 3 is 2.46 bits per heavy atom. The number of nitrogens with zero attached hydrogens (tertiary/aromatic N) is 1. The van der Waals surface area contributed by atoms with Crippen molar-refractivity contribution < 1.29 is 17.9 Å². The molecular weight excluding hydrogens is 326 g/mol. The van der Waals surface area contributed by atoms with Gasteiger partial charge in [-0.3, -0.25) is 0 Å². The Morgan fingerprint density at radius 2 is 1.83 bits per heavy atom. The first-order valence-electron chi connectivity index (χ1n) is 7.82. The van der Waals surface area contributed by atoms with Gasteiger partial charge in [0.1, 0.15) is 5.75 Å². The number of ether oxygens (including phenoxy) is 1. The molecular formula is C18H23NO4S. The van der Waals surface area contributed by atoms with Gasteiger partial charge in [-0.2, -0.15) is 4.73 Å². The van der Waals surface area contributed by atoms with Gasteiger partial charge in [-0.05, 0) is 24.0 Å². The van der Waals surface area contributed by atoms with Gasteiger partial charge in [0.2, 0.25) is 9.84 Å². The molecule has 0 saturated carbocycles. The number of pyridine rings is 1. The molecule has 0 saturated heterocycles. The molecule has 2 aromatic rings. The molecule has 0 aliphatic heterocycles. The molecule has 0 amide bonds. The van der Waals surface area contributed by atoms with Crippen LogP contribution in [-0.4, -0.2) is 15.0 Å². The summed E-state index contributed by atoms with van der Waals surface area (Å²) in [7, 11) is -3.80. The number of sulfone groups is 1. The van der Waals surface area contributed by atoms with Crippen LogP contribution < -0.4 is 9.47 Å². The van der Waals surface area contributed by atoms with Crippen molar-refractivity contribution in [2.45, 2.75) is 43.9 Å². The minimum Gasteiger partial charge on any atom is -0.618 e. The van der Waals surface area contributed by atoms with Crippen LogP contribution in [-0.2, 0) is 21.0 Å². The van der Waals surface area contributed by atoms with Crippen LogP contribution in [0.3, 0.4) is 0 Å². The second-order valence-electron chi connectivity index (χ2n) is 6.63. The van der Waals surface area contributed by atoms with Crippen molar-refractivity contribution in [3.05, 3.63) is 58.9 Å². The monoisotopic (exact) mass is 349 g/mol. The van der Waals surface area contributed by atoms with E-state index in [2.05, 4.69) is 0 Å². The molecule has 0 N–H and O–H groups in total. The van der Waals surface area contributed by atoms with Crippen molar-refractivity contribution in [3.8, 4) is 5.75 Å². The van der Waals surface area contributed by atoms with Crippen LogP contribution in [0, 0.1) is 5.21 Å². The molecule has 0 unspecified atom stereocenters. The van der Waals surface area contributed by atoms with E-state index in [-0.39, 0.29) is 16.2 Å². The van der Waals surface area contributed by atoms with Crippen molar-refractivity contribution in [2.75, 3.05) is 6.61 Å². The summed E-state index contributed by atoms with van der Waals surface area (Å²) in [5.41, 5.74) is 1.09. The van der Waals surface area contributed by atoms with Crippen LogP contribution in [0.25, 0.3) is 0 Å². The highest BCUT2D eigenvalue weighted by atomic mass is 32.2. The van der Waals surface area contributed by atoms with E-state index >= 15 is 0 Å². The fourth-order valence-corrected chi connectivity index (χ4v) is 3.79. The van der Waals surface area contributed by atoms with E-state index in [4.69, 9.17) is 4.74 Å². The number of hydrogen-bond donors (Lipinski definition) is 0. The second kappa shape index (κ2) is 6.81. The summed E-state index contributed by atoms with van der Waals surface area (Å²) in [5, 5.41) is 11.8. The lowest BCUT2D eigenvalue weighted by molar-refractivity contribution is -0.646. The molecule has 1 aromatic heterocycles. The van der Waals surface area contributed by atoms with E-state index < -0.39 is 9.84 Å². The molecule has 6 heteroatoms. The maximum absolute atomic E-state index is 12.8. The molecule has 0 atom stereocenters. The average molecular weight is 349 g/mol. The third kappa shape index (κ3) is 4.06. The Kier molecular flexibility index (Phi) is 5.18. The third-order valence-electron chi connectivity index (χ3n) is 3.69. The van der Waals surface area contributed by atoms with Crippen LogP contribution >= 0.6 is 0 Å². The zero-order chi connectivity index (χ0) is 18.0. The largest absolute Gasteiger partial charge is 0.618 e. The predicted octanol–water partition coefficient (Wildman–Crippen LogP) is 2.99. The van der Waals surface area contributed by atoms with E-state index in [1.54, 1.807) is 30.3 Å². The fraction of sp³-hybridized carbons (Fsp3) is 0.389. The lowest BCUT2D eigenvalue weighted by Gasteiger charge is -2.19. The molecule has 0 bridgehead atoms. The summed E-state index contributed by atoms with van der Waals surface area (Å²) in [5.74, 6) is 0.243. The van der Waals surface area contributed by atoms with Gasteiger partial charge in [-0.1, -0.05) is 39.0 Å². The SMILES string of the molecule is CCOc1ccccc1CS(=O)(=O)c1cc(C(C)(C)C)cc[n+]1[O-]. The molecule has 0 aliphatic rings. The van der Waals surface area contributed by atoms with Crippen molar-refractivity contribution in [1.82, 2.24) is 0 Å². The number of aromatic nitrogens is 1. The normalized spacial score (nSPS) is 12.2. The minimum absolute atomic E-state index is 0.235. The quantitative estimate of drug-likeness (QED) is 0.614. The highest BCUT2D eigenvalue weighted by Gasteiger charge is 2.28. The topological polar surface area (TPSA) is 70.3 Å². The Bertz CT molecular complexity index is 823. The maximum atomic E-state index is 12.8. The molecule has 5 nitrogen and oxygen atoms in total. The number of para-hydroxylation sites is 1. The molecule has 24 heavy (non-hydrogen) atoms. The molecule has 0 aliphatic carbocycles. The Balaban J connectivity index is 2.45. The molecule has 2 rings (SSSR count). The van der Waals surface area contributed by atoms with Crippen molar-refractivity contribution in [1.29, 1.82) is 0 Å². The van der Waals surface area contributed by atoms with E-state index in [0.29, 0.717) is 22.7 Å². The second-order valence-corrected chi connectivity index (χ2v) is 8.57. The minimum atomic E-state index is -3.80. The average Bonchev–Trinajstić information content (AvgIpc) is 2.48. The molecule has 1 aromatic carbocycles. The van der Waals surface area contributed by atoms with Gasteiger partial charge >= 0.3 is 5.03 Å². The Labute approximate surface area is 143 Å². The zero-order valence-electron chi connectivity index (χ0n) is 14.4. The van der Waals surface area contributed by atoms with Crippen molar-refractivity contribution in [2.24, 2.45) is 0 Å². The van der Waals surface area contributed by atoms with E-state index in [9.17, 15) is 13.6 Å². The molecule has 0 fully saturated rings. The summed E-state index contributed by atoms with van der Waals surface area (Å²) >= 11 is 0. The summed E-state index contributed by atoms with van der Waals surface area (Å²) in [6.45, 7) is 8.19. The maximum Gasteiger partial charge on any atom is 0.309 e. The summed E-state index contributed by atoms with van der Waals surface area (Å²) < 4.78 is 31.5. The fourth-order valence-electron chi connectivity index (χ4n) is 2.36. The van der Waals surface area contributed by atoms with Crippen LogP contribution in [0.1, 0.15) is 38.8 Å². The van der Waals surface area contributed by atoms with Crippen LogP contribution in [0.2, 0.25) is 0 Å². The first-order chi connectivity index (χ1) is 11.1. The number of hydrogen-bond acceptors (Lipinski definition) is 4. The van der Waals surface area contributed by atoms with Crippen LogP contribution in [0.15, 0.2) is 47.6 Å². The first-order valence-corrected chi connectivity index (χ1v) is 9.47. The standard InChI is InChI=1S/C18H23NO4S/c1-5-23-16-9-7-6-8-14(16)13-24(21,22)17-12-15(18(2,3)4)10-11-19(17)20/h6-12H,5,13H2,1-4H3. The smallest absolute Gasteiger partial charge is 0.309 e. The van der Waals surface area contributed by atoms with Gasteiger partial charge in [0.05, 0.1) is 12.4 Å². The van der Waals surface area contributed by atoms with E-state index in [1.807, 2.05) is 27.7 Å². The number of rotatable bonds is 5. The van der Waals surface area contributed by atoms with Gasteiger partial charge < -0.3 is 9.94 Å². The van der Waals surface area contributed by atoms with E-state index in [1.165, 1.54) is 12.3 Å². The number of benzene rings is 1. The summed E-state index contributed by atoms with van der Waals surface area (Å²) in [6, 6.07) is 10.1. The van der Waals surface area contributed by atoms with Gasteiger partial charge in [-0.25, -0.2) is 8.42 Å². The highest BCUT2D eigenvalue weighted by Crippen LogP contribution is 2.26. The van der Waals surface area contributed by atoms with Gasteiger partial charge in [-0.15, -0.1) is 0 Å². The highest BCUT2D eigenvalue weighted by molar-refractivity contribution is 7.90. The van der Waals surface area contributed by atoms with Gasteiger partial charge in [0.15, 0.2) is 6.20 Å². The first kappa shape index (κ1) is 18.3. The van der Waals surface area contributed by atoms with Crippen molar-refractivity contribution in [3.63, 3.8) is 0 Å². The van der Waals surface area contributed by atoms with E-state index in [0.717, 1.165) is 5.56 Å². The zero-order valence-corrected chi connectivity index (χ0v) is 15.3. The van der Waals surface area contributed by atoms with Gasteiger partial charge in [0, 0.05) is 17.7 Å². The molecule has 130 valence electrons. The lowest BCUT2D eigenvalue weighted by Crippen LogP contribution is -2.35. The summed E-state index contributed by atoms with van der Waals surface area (Å²) in [4.78, 5) is 0. The molecule has 0 spiro atoms. The predicted molar refractivity (Wildman–Crippen MR) is 92.6 cm³/mol. The van der Waals surface area contributed by atoms with Crippen LogP contribution in [0.4, 0.5) is 0 Å². The third-order valence-corrected chi connectivity index (χ3v) is 5.31. The Hall–Kier alpha value is -2.08. The van der Waals surface area contributed by atoms with Gasteiger partial charge in [0.25, 0.3) is 0 Å². The van der Waals surface area contributed by atoms with Crippen LogP contribution in [0.5, 0.6) is 5.75 Å².